The van der Waals surface area contributed by atoms with Gasteiger partial charge in [0.25, 0.3) is 12.0 Å². The van der Waals surface area contributed by atoms with Crippen LogP contribution in [0.25, 0.3) is 0 Å². The summed E-state index contributed by atoms with van der Waals surface area (Å²) in [5, 5.41) is 0. The smallest absolute Gasteiger partial charge is 0.398 e. The van der Waals surface area contributed by atoms with Gasteiger partial charge in [0, 0.05) is 0 Å². The molecule has 1 rings (SSSR count). The molecule has 8 heteroatoms. The first kappa shape index (κ1) is 11.5. The number of pyridine rings is 1. The molecule has 0 unspecified atom stereocenters. The lowest BCUT2D eigenvalue weighted by Gasteiger charge is -2.09. The van der Waals surface area contributed by atoms with Gasteiger partial charge in [-0.3, -0.25) is 4.79 Å². The lowest BCUT2D eigenvalue weighted by atomic mass is 10.2. The summed E-state index contributed by atoms with van der Waals surface area (Å²) in [6.07, 6.45) is -8.04. The molecule has 0 aliphatic heterocycles. The summed E-state index contributed by atoms with van der Waals surface area (Å²) >= 11 is 0. The summed E-state index contributed by atoms with van der Waals surface area (Å²) in [5.74, 6) is 0. The molecule has 0 radical (unpaired) electrons. The van der Waals surface area contributed by atoms with Crippen LogP contribution < -0.4 is 11.3 Å². The fraction of sp³-hybridized carbons (Fsp3) is 0.286. The fourth-order valence-corrected chi connectivity index (χ4v) is 1.01. The number of nitrogens with one attached hydrogen (secondary N) is 1. The Kier molecular flexibility index (Phi) is 2.69. The Hall–Kier alpha value is -1.60. The first-order chi connectivity index (χ1) is 6.73. The molecule has 1 aromatic rings. The zero-order chi connectivity index (χ0) is 11.8. The number of aromatic amines is 1. The molecule has 0 spiro atoms. The van der Waals surface area contributed by atoms with E-state index in [1.807, 2.05) is 0 Å². The second-order valence-electron chi connectivity index (χ2n) is 2.68. The molecule has 0 atom stereocenters. The number of halogens is 5. The van der Waals surface area contributed by atoms with Crippen LogP contribution in [0.2, 0.25) is 0 Å². The summed E-state index contributed by atoms with van der Waals surface area (Å²) in [6, 6.07) is 0.398. The van der Waals surface area contributed by atoms with Crippen LogP contribution in [0.4, 0.5) is 27.6 Å². The minimum absolute atomic E-state index is 0.398. The van der Waals surface area contributed by atoms with Gasteiger partial charge in [0.1, 0.15) is 5.56 Å². The number of H-pyrrole nitrogens is 1. The van der Waals surface area contributed by atoms with Crippen LogP contribution in [-0.4, -0.2) is 4.98 Å². The Balaban J connectivity index is 3.42. The van der Waals surface area contributed by atoms with E-state index in [1.54, 1.807) is 0 Å². The Bertz CT molecular complexity index is 422. The van der Waals surface area contributed by atoms with Crippen LogP contribution in [0.3, 0.4) is 0 Å². The predicted octanol–water partition coefficient (Wildman–Crippen LogP) is 1.91. The van der Waals surface area contributed by atoms with Crippen molar-refractivity contribution in [3.8, 4) is 0 Å². The third-order valence-electron chi connectivity index (χ3n) is 1.60. The third-order valence-corrected chi connectivity index (χ3v) is 1.60. The van der Waals surface area contributed by atoms with Gasteiger partial charge in [-0.2, -0.15) is 13.2 Å². The predicted molar refractivity (Wildman–Crippen MR) is 41.4 cm³/mol. The molecule has 0 fully saturated rings. The molecule has 0 bridgehead atoms. The highest BCUT2D eigenvalue weighted by molar-refractivity contribution is 5.48. The summed E-state index contributed by atoms with van der Waals surface area (Å²) in [5.41, 5.74) is -0.408. The monoisotopic (exact) mass is 228 g/mol. The quantitative estimate of drug-likeness (QED) is 0.721. The van der Waals surface area contributed by atoms with Crippen LogP contribution in [-0.2, 0) is 6.18 Å². The second kappa shape index (κ2) is 3.52. The maximum atomic E-state index is 12.2. The van der Waals surface area contributed by atoms with Crippen molar-refractivity contribution in [3.63, 3.8) is 0 Å². The molecule has 3 N–H and O–H groups in total. The summed E-state index contributed by atoms with van der Waals surface area (Å²) < 4.78 is 60.6. The van der Waals surface area contributed by atoms with Crippen molar-refractivity contribution in [2.24, 2.45) is 0 Å². The van der Waals surface area contributed by atoms with Gasteiger partial charge in [-0.25, -0.2) is 8.78 Å². The van der Waals surface area contributed by atoms with Crippen LogP contribution in [0.15, 0.2) is 10.9 Å². The first-order valence-corrected chi connectivity index (χ1v) is 3.61. The summed E-state index contributed by atoms with van der Waals surface area (Å²) in [6.45, 7) is 0. The molecule has 15 heavy (non-hydrogen) atoms. The highest BCUT2D eigenvalue weighted by atomic mass is 19.4. The minimum Gasteiger partial charge on any atom is -0.398 e. The van der Waals surface area contributed by atoms with Crippen molar-refractivity contribution < 1.29 is 22.0 Å². The topological polar surface area (TPSA) is 58.9 Å². The molecule has 0 aliphatic carbocycles. The molecular formula is C7H5F5N2O. The largest absolute Gasteiger partial charge is 0.423 e. The standard InChI is InChI=1S/C7H5F5N2O/c8-5(9)3-1-2(13)4(6(15)14-3)7(10,11)12/h1,5H,(H3,13,14,15). The van der Waals surface area contributed by atoms with E-state index in [2.05, 4.69) is 0 Å². The molecule has 84 valence electrons. The lowest BCUT2D eigenvalue weighted by molar-refractivity contribution is -0.138. The molecule has 3 nitrogen and oxygen atoms in total. The van der Waals surface area contributed by atoms with Crippen molar-refractivity contribution in [1.29, 1.82) is 0 Å². The normalized spacial score (nSPS) is 12.1. The fourth-order valence-electron chi connectivity index (χ4n) is 1.01. The zero-order valence-electron chi connectivity index (χ0n) is 7.03. The highest BCUT2D eigenvalue weighted by Gasteiger charge is 2.37. The van der Waals surface area contributed by atoms with Gasteiger partial charge in [0.05, 0.1) is 11.4 Å². The van der Waals surface area contributed by atoms with Gasteiger partial charge in [-0.15, -0.1) is 0 Å². The van der Waals surface area contributed by atoms with Gasteiger partial charge in [-0.05, 0) is 6.07 Å². The van der Waals surface area contributed by atoms with E-state index < -0.39 is 35.1 Å². The van der Waals surface area contributed by atoms with Gasteiger partial charge in [0.15, 0.2) is 0 Å². The molecule has 0 aromatic carbocycles. The summed E-state index contributed by atoms with van der Waals surface area (Å²) in [4.78, 5) is 12.2. The van der Waals surface area contributed by atoms with E-state index in [-0.39, 0.29) is 0 Å². The number of alkyl halides is 5. The Morgan fingerprint density at radius 2 is 1.87 bits per heavy atom. The number of hydrogen-bond donors (Lipinski definition) is 2. The molecule has 1 aromatic heterocycles. The molecular weight excluding hydrogens is 223 g/mol. The van der Waals surface area contributed by atoms with E-state index in [0.29, 0.717) is 6.07 Å². The van der Waals surface area contributed by atoms with Crippen LogP contribution in [0, 0.1) is 0 Å². The highest BCUT2D eigenvalue weighted by Crippen LogP contribution is 2.31. The number of hydrogen-bond acceptors (Lipinski definition) is 2. The number of aromatic nitrogens is 1. The average Bonchev–Trinajstić information content (AvgIpc) is 1.99. The van der Waals surface area contributed by atoms with Gasteiger partial charge in [-0.1, -0.05) is 0 Å². The van der Waals surface area contributed by atoms with E-state index in [4.69, 9.17) is 5.73 Å². The second-order valence-corrected chi connectivity index (χ2v) is 2.68. The van der Waals surface area contributed by atoms with Gasteiger partial charge in [0.2, 0.25) is 0 Å². The Morgan fingerprint density at radius 3 is 2.20 bits per heavy atom. The van der Waals surface area contributed by atoms with E-state index in [0.717, 1.165) is 0 Å². The molecule has 0 aliphatic rings. The molecule has 0 saturated carbocycles. The lowest BCUT2D eigenvalue weighted by Crippen LogP contribution is -2.24. The first-order valence-electron chi connectivity index (χ1n) is 3.61. The zero-order valence-corrected chi connectivity index (χ0v) is 7.03. The number of nitrogens with two attached hydrogens (primary N) is 1. The SMILES string of the molecule is Nc1cc(C(F)F)[nH]c(=O)c1C(F)(F)F. The number of nitrogen functional groups attached to an aromatic ring is 1. The van der Waals surface area contributed by atoms with Crippen LogP contribution in [0.5, 0.6) is 0 Å². The molecule has 0 saturated heterocycles. The maximum Gasteiger partial charge on any atom is 0.423 e. The van der Waals surface area contributed by atoms with Crippen molar-refractivity contribution in [2.45, 2.75) is 12.6 Å². The number of anilines is 1. The summed E-state index contributed by atoms with van der Waals surface area (Å²) in [7, 11) is 0. The van der Waals surface area contributed by atoms with Crippen LogP contribution in [0.1, 0.15) is 17.7 Å². The Labute approximate surface area is 79.7 Å². The van der Waals surface area contributed by atoms with Crippen molar-refractivity contribution in [3.05, 3.63) is 27.7 Å². The van der Waals surface area contributed by atoms with E-state index in [1.165, 1.54) is 4.98 Å². The Morgan fingerprint density at radius 1 is 1.33 bits per heavy atom. The van der Waals surface area contributed by atoms with Crippen molar-refractivity contribution >= 4 is 5.69 Å². The molecule has 1 heterocycles. The van der Waals surface area contributed by atoms with Crippen molar-refractivity contribution in [2.75, 3.05) is 5.73 Å². The van der Waals surface area contributed by atoms with E-state index in [9.17, 15) is 26.7 Å². The van der Waals surface area contributed by atoms with Gasteiger partial charge < -0.3 is 10.7 Å². The van der Waals surface area contributed by atoms with Gasteiger partial charge >= 0.3 is 6.18 Å². The van der Waals surface area contributed by atoms with Crippen molar-refractivity contribution in [1.82, 2.24) is 4.98 Å². The van der Waals surface area contributed by atoms with Crippen LogP contribution >= 0.6 is 0 Å². The third kappa shape index (κ3) is 2.25. The minimum atomic E-state index is -4.96. The number of rotatable bonds is 1. The molecule has 0 amide bonds. The average molecular weight is 228 g/mol. The van der Waals surface area contributed by atoms with E-state index >= 15 is 0 Å². The maximum absolute atomic E-state index is 12.2.